The van der Waals surface area contributed by atoms with E-state index in [1.807, 2.05) is 11.3 Å². The van der Waals surface area contributed by atoms with E-state index in [1.54, 1.807) is 0 Å². The van der Waals surface area contributed by atoms with Crippen molar-refractivity contribution in [3.63, 3.8) is 0 Å². The van der Waals surface area contributed by atoms with Gasteiger partial charge in [-0.2, -0.15) is 12.6 Å². The van der Waals surface area contributed by atoms with Crippen molar-refractivity contribution in [1.82, 2.24) is 4.98 Å². The molecular weight excluding hydrogens is 198 g/mol. The minimum absolute atomic E-state index is 0.793. The summed E-state index contributed by atoms with van der Waals surface area (Å²) in [5.41, 5.74) is 1.35. The number of nitrogens with zero attached hydrogens (tertiary/aromatic N) is 1. The van der Waals surface area contributed by atoms with Gasteiger partial charge in [-0.25, -0.2) is 4.98 Å². The van der Waals surface area contributed by atoms with Gasteiger partial charge in [-0.1, -0.05) is 6.42 Å². The summed E-state index contributed by atoms with van der Waals surface area (Å²) in [6.45, 7) is 0. The van der Waals surface area contributed by atoms with E-state index in [0.29, 0.717) is 0 Å². The molecule has 0 aromatic carbocycles. The minimum Gasteiger partial charge on any atom is -0.246 e. The molecule has 0 aliphatic heterocycles. The van der Waals surface area contributed by atoms with E-state index in [-0.39, 0.29) is 0 Å². The van der Waals surface area contributed by atoms with Crippen molar-refractivity contribution in [1.29, 1.82) is 0 Å². The highest BCUT2D eigenvalue weighted by molar-refractivity contribution is 7.80. The van der Waals surface area contributed by atoms with Crippen LogP contribution in [0.15, 0.2) is 5.38 Å². The smallest absolute Gasteiger partial charge is 0.0928 e. The molecule has 1 aromatic heterocycles. The molecule has 1 saturated carbocycles. The first-order valence-electron chi connectivity index (χ1n) is 4.95. The van der Waals surface area contributed by atoms with E-state index in [9.17, 15) is 0 Å². The van der Waals surface area contributed by atoms with Crippen molar-refractivity contribution in [2.24, 2.45) is 0 Å². The lowest BCUT2D eigenvalue weighted by Gasteiger charge is -2.22. The van der Waals surface area contributed by atoms with Gasteiger partial charge in [-0.3, -0.25) is 0 Å². The fourth-order valence-corrected chi connectivity index (χ4v) is 2.64. The van der Waals surface area contributed by atoms with Gasteiger partial charge in [0.1, 0.15) is 0 Å². The van der Waals surface area contributed by atoms with Crippen LogP contribution in [-0.4, -0.2) is 10.7 Å². The van der Waals surface area contributed by atoms with Crippen LogP contribution in [-0.2, 0) is 6.42 Å². The molecule has 1 fully saturated rings. The average Bonchev–Trinajstić information content (AvgIpc) is 2.46. The molecular formula is C10H15NS2. The number of aromatic nitrogens is 1. The topological polar surface area (TPSA) is 12.9 Å². The molecule has 1 aromatic rings. The van der Waals surface area contributed by atoms with Crippen LogP contribution >= 0.6 is 24.0 Å². The van der Waals surface area contributed by atoms with E-state index in [0.717, 1.165) is 24.5 Å². The van der Waals surface area contributed by atoms with Crippen LogP contribution in [0.1, 0.15) is 42.3 Å². The van der Waals surface area contributed by atoms with Gasteiger partial charge in [0.2, 0.25) is 0 Å². The zero-order valence-electron chi connectivity index (χ0n) is 7.70. The number of thiazole rings is 1. The van der Waals surface area contributed by atoms with Crippen molar-refractivity contribution in [3.8, 4) is 0 Å². The summed E-state index contributed by atoms with van der Waals surface area (Å²) < 4.78 is 0. The van der Waals surface area contributed by atoms with Crippen LogP contribution < -0.4 is 0 Å². The van der Waals surface area contributed by atoms with E-state index >= 15 is 0 Å². The van der Waals surface area contributed by atoms with Crippen LogP contribution in [0.25, 0.3) is 0 Å². The summed E-state index contributed by atoms with van der Waals surface area (Å²) in [6, 6.07) is 0. The molecule has 0 amide bonds. The lowest BCUT2D eigenvalue weighted by Crippen LogP contribution is -2.08. The highest BCUT2D eigenvalue weighted by Crippen LogP contribution is 2.36. The lowest BCUT2D eigenvalue weighted by molar-refractivity contribution is 0.412. The Hall–Kier alpha value is -0.0200. The summed E-state index contributed by atoms with van der Waals surface area (Å²) in [7, 11) is 0. The van der Waals surface area contributed by atoms with Gasteiger partial charge in [0.25, 0.3) is 0 Å². The Morgan fingerprint density at radius 2 is 2.38 bits per heavy atom. The van der Waals surface area contributed by atoms with Gasteiger partial charge in [0.15, 0.2) is 0 Å². The molecule has 2 rings (SSSR count). The maximum Gasteiger partial charge on any atom is 0.0928 e. The zero-order chi connectivity index (χ0) is 9.10. The van der Waals surface area contributed by atoms with Crippen LogP contribution in [0.5, 0.6) is 0 Å². The molecule has 0 spiro atoms. The second-order valence-corrected chi connectivity index (χ2v) is 5.01. The van der Waals surface area contributed by atoms with Gasteiger partial charge < -0.3 is 0 Å². The highest BCUT2D eigenvalue weighted by Gasteiger charge is 2.21. The number of thiol groups is 1. The fraction of sp³-hybridized carbons (Fsp3) is 0.700. The van der Waals surface area contributed by atoms with E-state index in [2.05, 4.69) is 23.0 Å². The van der Waals surface area contributed by atoms with Crippen molar-refractivity contribution in [2.45, 2.75) is 38.0 Å². The molecule has 3 heteroatoms. The SMILES string of the molecule is SCCCc1nc(C2CCC2)cs1. The minimum atomic E-state index is 0.793. The Morgan fingerprint density at radius 3 is 3.00 bits per heavy atom. The fourth-order valence-electron chi connectivity index (χ4n) is 1.56. The predicted octanol–water partition coefficient (Wildman–Crippen LogP) is 3.27. The maximum absolute atomic E-state index is 4.65. The number of hydrogen-bond donors (Lipinski definition) is 1. The van der Waals surface area contributed by atoms with Gasteiger partial charge in [-0.15, -0.1) is 11.3 Å². The summed E-state index contributed by atoms with van der Waals surface area (Å²) in [6.07, 6.45) is 6.38. The predicted molar refractivity (Wildman–Crippen MR) is 60.9 cm³/mol. The average molecular weight is 213 g/mol. The first-order valence-corrected chi connectivity index (χ1v) is 6.46. The quantitative estimate of drug-likeness (QED) is 0.757. The second kappa shape index (κ2) is 4.47. The molecule has 1 aliphatic carbocycles. The Kier molecular flexibility index (Phi) is 3.28. The molecule has 0 saturated heterocycles. The van der Waals surface area contributed by atoms with Crippen LogP contribution in [0.4, 0.5) is 0 Å². The number of hydrogen-bond acceptors (Lipinski definition) is 3. The number of aryl methyl sites for hydroxylation is 1. The third-order valence-corrected chi connectivity index (χ3v) is 3.88. The van der Waals surface area contributed by atoms with Gasteiger partial charge in [0, 0.05) is 17.7 Å². The molecule has 1 heterocycles. The van der Waals surface area contributed by atoms with Crippen LogP contribution in [0.3, 0.4) is 0 Å². The van der Waals surface area contributed by atoms with Crippen molar-refractivity contribution in [2.75, 3.05) is 5.75 Å². The first-order chi connectivity index (χ1) is 6.40. The third-order valence-electron chi connectivity index (χ3n) is 2.64. The van der Waals surface area contributed by atoms with Gasteiger partial charge in [0.05, 0.1) is 10.7 Å². The molecule has 0 atom stereocenters. The molecule has 1 nitrogen and oxygen atoms in total. The normalized spacial score (nSPS) is 17.3. The molecule has 1 aliphatic rings. The summed E-state index contributed by atoms with van der Waals surface area (Å²) >= 11 is 6.03. The van der Waals surface area contributed by atoms with Crippen molar-refractivity contribution >= 4 is 24.0 Å². The highest BCUT2D eigenvalue weighted by atomic mass is 32.1. The Bertz CT molecular complexity index is 266. The molecule has 0 unspecified atom stereocenters. The Morgan fingerprint density at radius 1 is 1.54 bits per heavy atom. The monoisotopic (exact) mass is 213 g/mol. The standard InChI is InChI=1S/C10H15NS2/c12-6-2-5-10-11-9(7-13-10)8-3-1-4-8/h7-8,12H,1-6H2. The van der Waals surface area contributed by atoms with E-state index in [1.165, 1.54) is 30.0 Å². The van der Waals surface area contributed by atoms with Crippen molar-refractivity contribution < 1.29 is 0 Å². The molecule has 0 radical (unpaired) electrons. The number of rotatable bonds is 4. The van der Waals surface area contributed by atoms with Crippen LogP contribution in [0.2, 0.25) is 0 Å². The largest absolute Gasteiger partial charge is 0.246 e. The second-order valence-electron chi connectivity index (χ2n) is 3.62. The molecule has 72 valence electrons. The first kappa shape index (κ1) is 9.53. The van der Waals surface area contributed by atoms with E-state index in [4.69, 9.17) is 0 Å². The molecule has 13 heavy (non-hydrogen) atoms. The molecule has 0 N–H and O–H groups in total. The zero-order valence-corrected chi connectivity index (χ0v) is 9.41. The summed E-state index contributed by atoms with van der Waals surface area (Å²) in [5, 5.41) is 3.55. The third kappa shape index (κ3) is 2.26. The maximum atomic E-state index is 4.65. The Balaban J connectivity index is 1.92. The van der Waals surface area contributed by atoms with Crippen LogP contribution in [0, 0.1) is 0 Å². The summed E-state index contributed by atoms with van der Waals surface area (Å²) in [5.74, 6) is 1.76. The van der Waals surface area contributed by atoms with E-state index < -0.39 is 0 Å². The van der Waals surface area contributed by atoms with Gasteiger partial charge >= 0.3 is 0 Å². The Labute approximate surface area is 89.0 Å². The van der Waals surface area contributed by atoms with Gasteiger partial charge in [-0.05, 0) is 25.0 Å². The van der Waals surface area contributed by atoms with Crippen molar-refractivity contribution in [3.05, 3.63) is 16.1 Å². The lowest BCUT2D eigenvalue weighted by atomic mass is 9.83. The molecule has 0 bridgehead atoms. The summed E-state index contributed by atoms with van der Waals surface area (Å²) in [4.78, 5) is 4.65.